The number of carbonyl (C=O) groups is 1. The van der Waals surface area contributed by atoms with Crippen LogP contribution < -0.4 is 10.6 Å². The van der Waals surface area contributed by atoms with Crippen molar-refractivity contribution in [1.82, 2.24) is 14.9 Å². The fourth-order valence-electron chi connectivity index (χ4n) is 2.79. The highest BCUT2D eigenvalue weighted by molar-refractivity contribution is 7.89. The zero-order valence-electron chi connectivity index (χ0n) is 14.3. The first-order valence-corrected chi connectivity index (χ1v) is 9.32. The van der Waals surface area contributed by atoms with Crippen LogP contribution in [-0.4, -0.2) is 58.5 Å². The molecule has 1 fully saturated rings. The van der Waals surface area contributed by atoms with E-state index in [2.05, 4.69) is 10.6 Å². The Kier molecular flexibility index (Phi) is 5.97. The van der Waals surface area contributed by atoms with E-state index in [0.717, 1.165) is 4.31 Å². The van der Waals surface area contributed by atoms with Gasteiger partial charge in [-0.25, -0.2) is 12.7 Å². The van der Waals surface area contributed by atoms with Gasteiger partial charge in [-0.15, -0.1) is 0 Å². The standard InChI is InChI=1S/C16H25N3O4S/c1-19(2)24(21,22)14-7-5-4-6-13(14)12-18-15(20)16(23-3)8-10-17-11-9-16/h4-7,17H,8-12H2,1-3H3,(H,18,20). The molecule has 0 bridgehead atoms. The lowest BCUT2D eigenvalue weighted by molar-refractivity contribution is -0.146. The monoisotopic (exact) mass is 355 g/mol. The number of sulfonamides is 1. The van der Waals surface area contributed by atoms with E-state index >= 15 is 0 Å². The van der Waals surface area contributed by atoms with Gasteiger partial charge < -0.3 is 15.4 Å². The second-order valence-electron chi connectivity index (χ2n) is 6.03. The normalized spacial score (nSPS) is 17.7. The molecule has 1 aromatic rings. The van der Waals surface area contributed by atoms with Crippen molar-refractivity contribution in [1.29, 1.82) is 0 Å². The van der Waals surface area contributed by atoms with Crippen LogP contribution >= 0.6 is 0 Å². The number of piperidine rings is 1. The molecule has 8 heteroatoms. The summed E-state index contributed by atoms with van der Waals surface area (Å²) < 4.78 is 31.4. The van der Waals surface area contributed by atoms with Crippen LogP contribution in [0.1, 0.15) is 18.4 Å². The molecule has 0 radical (unpaired) electrons. The first-order chi connectivity index (χ1) is 11.3. The lowest BCUT2D eigenvalue weighted by Crippen LogP contribution is -2.54. The number of carbonyl (C=O) groups excluding carboxylic acids is 1. The van der Waals surface area contributed by atoms with Crippen molar-refractivity contribution >= 4 is 15.9 Å². The van der Waals surface area contributed by atoms with Crippen LogP contribution in [0, 0.1) is 0 Å². The van der Waals surface area contributed by atoms with Crippen molar-refractivity contribution in [3.05, 3.63) is 29.8 Å². The largest absolute Gasteiger partial charge is 0.368 e. The maximum Gasteiger partial charge on any atom is 0.252 e. The SMILES string of the molecule is COC1(C(=O)NCc2ccccc2S(=O)(=O)N(C)C)CCNCC1. The second kappa shape index (κ2) is 7.60. The van der Waals surface area contributed by atoms with E-state index in [4.69, 9.17) is 4.74 Å². The molecule has 1 aliphatic rings. The Morgan fingerprint density at radius 2 is 1.92 bits per heavy atom. The van der Waals surface area contributed by atoms with Gasteiger partial charge in [-0.3, -0.25) is 4.79 Å². The van der Waals surface area contributed by atoms with Gasteiger partial charge in [-0.05, 0) is 37.6 Å². The molecule has 24 heavy (non-hydrogen) atoms. The third kappa shape index (κ3) is 3.77. The minimum atomic E-state index is -3.56. The molecule has 0 aliphatic carbocycles. The Balaban J connectivity index is 2.17. The summed E-state index contributed by atoms with van der Waals surface area (Å²) in [5.41, 5.74) is -0.291. The van der Waals surface area contributed by atoms with Gasteiger partial charge in [-0.1, -0.05) is 18.2 Å². The number of methoxy groups -OCH3 is 1. The minimum Gasteiger partial charge on any atom is -0.368 e. The van der Waals surface area contributed by atoms with E-state index in [9.17, 15) is 13.2 Å². The summed E-state index contributed by atoms with van der Waals surface area (Å²) in [6, 6.07) is 6.68. The van der Waals surface area contributed by atoms with E-state index in [0.29, 0.717) is 31.5 Å². The van der Waals surface area contributed by atoms with Gasteiger partial charge >= 0.3 is 0 Å². The highest BCUT2D eigenvalue weighted by Crippen LogP contribution is 2.23. The fraction of sp³-hybridized carbons (Fsp3) is 0.562. The number of hydrogen-bond acceptors (Lipinski definition) is 5. The predicted molar refractivity (Wildman–Crippen MR) is 91.0 cm³/mol. The van der Waals surface area contributed by atoms with E-state index in [1.165, 1.54) is 21.2 Å². The predicted octanol–water partition coefficient (Wildman–Crippen LogP) is 0.322. The quantitative estimate of drug-likeness (QED) is 0.767. The summed E-state index contributed by atoms with van der Waals surface area (Å²) in [4.78, 5) is 12.8. The summed E-state index contributed by atoms with van der Waals surface area (Å²) in [7, 11) is 0.948. The van der Waals surface area contributed by atoms with Crippen molar-refractivity contribution in [3.8, 4) is 0 Å². The average Bonchev–Trinajstić information content (AvgIpc) is 2.60. The minimum absolute atomic E-state index is 0.139. The molecule has 0 saturated carbocycles. The molecule has 2 N–H and O–H groups in total. The zero-order valence-corrected chi connectivity index (χ0v) is 15.1. The van der Waals surface area contributed by atoms with Crippen LogP contribution in [0.15, 0.2) is 29.2 Å². The number of nitrogens with one attached hydrogen (secondary N) is 2. The number of nitrogens with zero attached hydrogens (tertiary/aromatic N) is 1. The fourth-order valence-corrected chi connectivity index (χ4v) is 3.90. The Hall–Kier alpha value is -1.48. The van der Waals surface area contributed by atoms with E-state index in [1.807, 2.05) is 0 Å². The smallest absolute Gasteiger partial charge is 0.252 e. The van der Waals surface area contributed by atoms with Gasteiger partial charge in [0.1, 0.15) is 5.60 Å². The first kappa shape index (κ1) is 18.9. The van der Waals surface area contributed by atoms with Crippen molar-refractivity contribution in [3.63, 3.8) is 0 Å². The van der Waals surface area contributed by atoms with Crippen molar-refractivity contribution < 1.29 is 17.9 Å². The number of hydrogen-bond donors (Lipinski definition) is 2. The van der Waals surface area contributed by atoms with Gasteiger partial charge in [0.05, 0.1) is 4.90 Å². The molecule has 1 saturated heterocycles. The maximum absolute atomic E-state index is 12.6. The van der Waals surface area contributed by atoms with Gasteiger partial charge in [0.2, 0.25) is 10.0 Å². The highest BCUT2D eigenvalue weighted by atomic mass is 32.2. The maximum atomic E-state index is 12.6. The van der Waals surface area contributed by atoms with E-state index < -0.39 is 15.6 Å². The summed E-state index contributed by atoms with van der Waals surface area (Å²) in [6.07, 6.45) is 1.18. The summed E-state index contributed by atoms with van der Waals surface area (Å²) in [5, 5.41) is 6.04. The molecule has 0 aromatic heterocycles. The van der Waals surface area contributed by atoms with E-state index in [-0.39, 0.29) is 17.3 Å². The summed E-state index contributed by atoms with van der Waals surface area (Å²) >= 11 is 0. The second-order valence-corrected chi connectivity index (χ2v) is 8.15. The summed E-state index contributed by atoms with van der Waals surface area (Å²) in [5.74, 6) is -0.205. The topological polar surface area (TPSA) is 87.7 Å². The van der Waals surface area contributed by atoms with Crippen LogP contribution in [0.2, 0.25) is 0 Å². The molecule has 0 spiro atoms. The van der Waals surface area contributed by atoms with Crippen LogP contribution in [0.3, 0.4) is 0 Å². The molecule has 134 valence electrons. The number of benzene rings is 1. The molecular weight excluding hydrogens is 330 g/mol. The molecule has 1 aliphatic heterocycles. The third-order valence-corrected chi connectivity index (χ3v) is 6.30. The lowest BCUT2D eigenvalue weighted by Gasteiger charge is -2.34. The van der Waals surface area contributed by atoms with E-state index in [1.54, 1.807) is 24.3 Å². The molecule has 1 aromatic carbocycles. The molecule has 0 unspecified atom stereocenters. The molecule has 1 amide bonds. The van der Waals surface area contributed by atoms with Crippen molar-refractivity contribution in [2.24, 2.45) is 0 Å². The number of ether oxygens (including phenoxy) is 1. The third-order valence-electron chi connectivity index (χ3n) is 4.39. The van der Waals surface area contributed by atoms with Crippen molar-refractivity contribution in [2.45, 2.75) is 29.9 Å². The molecular formula is C16H25N3O4S. The van der Waals surface area contributed by atoms with Gasteiger partial charge in [0.15, 0.2) is 0 Å². The Morgan fingerprint density at radius 1 is 1.29 bits per heavy atom. The summed E-state index contributed by atoms with van der Waals surface area (Å²) in [6.45, 7) is 1.57. The Morgan fingerprint density at radius 3 is 2.50 bits per heavy atom. The number of amides is 1. The molecule has 0 atom stereocenters. The van der Waals surface area contributed by atoms with Gasteiger partial charge in [0.25, 0.3) is 5.91 Å². The molecule has 7 nitrogen and oxygen atoms in total. The van der Waals surface area contributed by atoms with Crippen molar-refractivity contribution in [2.75, 3.05) is 34.3 Å². The molecule has 2 rings (SSSR count). The van der Waals surface area contributed by atoms with Crippen LogP contribution in [0.25, 0.3) is 0 Å². The van der Waals surface area contributed by atoms with Crippen LogP contribution in [0.5, 0.6) is 0 Å². The van der Waals surface area contributed by atoms with Crippen LogP contribution in [-0.2, 0) is 26.1 Å². The first-order valence-electron chi connectivity index (χ1n) is 7.88. The van der Waals surface area contributed by atoms with Crippen LogP contribution in [0.4, 0.5) is 0 Å². The highest BCUT2D eigenvalue weighted by Gasteiger charge is 2.39. The average molecular weight is 355 g/mol. The van der Waals surface area contributed by atoms with Gasteiger partial charge in [0, 0.05) is 27.7 Å². The zero-order chi connectivity index (χ0) is 17.8. The Bertz CT molecular complexity index is 682. The number of rotatable bonds is 6. The van der Waals surface area contributed by atoms with Gasteiger partial charge in [-0.2, -0.15) is 0 Å². The Labute approximate surface area is 143 Å². The lowest BCUT2D eigenvalue weighted by atomic mass is 9.91. The molecule has 1 heterocycles.